The molecule has 1 saturated carbocycles. The molecule has 0 unspecified atom stereocenters. The molecule has 0 radical (unpaired) electrons. The van der Waals surface area contributed by atoms with Crippen LogP contribution in [-0.4, -0.2) is 28.7 Å². The van der Waals surface area contributed by atoms with E-state index >= 15 is 0 Å². The Hall–Kier alpha value is -1.78. The Labute approximate surface area is 115 Å². The van der Waals surface area contributed by atoms with Crippen LogP contribution in [0.2, 0.25) is 0 Å². The Morgan fingerprint density at radius 1 is 1.19 bits per heavy atom. The lowest BCUT2D eigenvalue weighted by atomic mass is 10.3. The van der Waals surface area contributed by atoms with E-state index in [-0.39, 0.29) is 0 Å². The lowest BCUT2D eigenvalue weighted by Crippen LogP contribution is -2.37. The summed E-state index contributed by atoms with van der Waals surface area (Å²) in [7, 11) is 0. The van der Waals surface area contributed by atoms with Gasteiger partial charge in [0.15, 0.2) is 5.69 Å². The molecule has 0 aliphatic heterocycles. The van der Waals surface area contributed by atoms with E-state index in [0.717, 1.165) is 4.90 Å². The Bertz CT molecular complexity index is 510. The molecule has 0 bridgehead atoms. The van der Waals surface area contributed by atoms with E-state index in [1.54, 1.807) is 0 Å². The molecule has 1 aromatic heterocycles. The SMILES string of the molecule is NNc1nc(N(CC(F)(F)F)C2CC2)cc(C(F)(F)F)n1. The van der Waals surface area contributed by atoms with Gasteiger partial charge in [-0.2, -0.15) is 31.3 Å². The summed E-state index contributed by atoms with van der Waals surface area (Å²) >= 11 is 0. The molecule has 0 aromatic carbocycles. The maximum Gasteiger partial charge on any atom is 0.433 e. The van der Waals surface area contributed by atoms with Crippen LogP contribution in [0.15, 0.2) is 6.07 Å². The van der Waals surface area contributed by atoms with E-state index in [0.29, 0.717) is 18.9 Å². The second-order valence-electron chi connectivity index (χ2n) is 4.55. The highest BCUT2D eigenvalue weighted by atomic mass is 19.4. The molecule has 0 amide bonds. The minimum absolute atomic E-state index is 0.454. The van der Waals surface area contributed by atoms with Gasteiger partial charge in [-0.15, -0.1) is 0 Å². The molecule has 0 spiro atoms. The first-order chi connectivity index (χ1) is 9.60. The molecule has 3 N–H and O–H groups in total. The second kappa shape index (κ2) is 5.20. The van der Waals surface area contributed by atoms with Crippen LogP contribution in [0.5, 0.6) is 0 Å². The Balaban J connectivity index is 2.39. The van der Waals surface area contributed by atoms with Gasteiger partial charge in [0.25, 0.3) is 0 Å². The molecular formula is C10H11F6N5. The molecule has 1 aromatic rings. The Morgan fingerprint density at radius 2 is 1.81 bits per heavy atom. The average molecular weight is 315 g/mol. The van der Waals surface area contributed by atoms with Crippen molar-refractivity contribution in [1.29, 1.82) is 0 Å². The summed E-state index contributed by atoms with van der Waals surface area (Å²) in [6.07, 6.45) is -8.43. The van der Waals surface area contributed by atoms with Crippen molar-refractivity contribution in [1.82, 2.24) is 9.97 Å². The van der Waals surface area contributed by atoms with Gasteiger partial charge in [0.2, 0.25) is 5.95 Å². The van der Waals surface area contributed by atoms with Crippen molar-refractivity contribution >= 4 is 11.8 Å². The summed E-state index contributed by atoms with van der Waals surface area (Å²) in [5.74, 6) is 3.92. The third kappa shape index (κ3) is 4.09. The number of aromatic nitrogens is 2. The van der Waals surface area contributed by atoms with Crippen molar-refractivity contribution in [2.75, 3.05) is 16.9 Å². The highest BCUT2D eigenvalue weighted by Crippen LogP contribution is 2.36. The fourth-order valence-corrected chi connectivity index (χ4v) is 1.77. The van der Waals surface area contributed by atoms with Gasteiger partial charge in [0.05, 0.1) is 0 Å². The Morgan fingerprint density at radius 3 is 2.24 bits per heavy atom. The van der Waals surface area contributed by atoms with Crippen LogP contribution in [0, 0.1) is 0 Å². The number of hydrogen-bond donors (Lipinski definition) is 2. The third-order valence-electron chi connectivity index (χ3n) is 2.76. The van der Waals surface area contributed by atoms with Gasteiger partial charge in [0.1, 0.15) is 12.4 Å². The zero-order valence-electron chi connectivity index (χ0n) is 10.5. The first-order valence-electron chi connectivity index (χ1n) is 5.86. The van der Waals surface area contributed by atoms with Crippen LogP contribution in [0.1, 0.15) is 18.5 Å². The summed E-state index contributed by atoms with van der Waals surface area (Å²) in [5, 5.41) is 0. The standard InChI is InChI=1S/C10H11F6N5/c11-9(12,13)4-21(5-1-2-5)7-3-6(10(14,15)16)18-8(19-7)20-17/h3,5H,1-2,4,17H2,(H,18,19,20). The molecule has 1 fully saturated rings. The normalized spacial score (nSPS) is 16.0. The number of nitrogens with zero attached hydrogens (tertiary/aromatic N) is 3. The number of anilines is 2. The topological polar surface area (TPSA) is 67.1 Å². The molecule has 0 saturated heterocycles. The van der Waals surface area contributed by atoms with E-state index < -0.39 is 42.4 Å². The van der Waals surface area contributed by atoms with E-state index in [1.165, 1.54) is 0 Å². The number of hydrogen-bond acceptors (Lipinski definition) is 5. The molecule has 11 heteroatoms. The predicted octanol–water partition coefficient (Wildman–Crippen LogP) is 2.31. The Kier molecular flexibility index (Phi) is 3.87. The number of nitrogens with two attached hydrogens (primary N) is 1. The lowest BCUT2D eigenvalue weighted by molar-refractivity contribution is -0.141. The first-order valence-corrected chi connectivity index (χ1v) is 5.86. The van der Waals surface area contributed by atoms with Crippen LogP contribution < -0.4 is 16.2 Å². The summed E-state index contributed by atoms with van der Waals surface area (Å²) in [4.78, 5) is 7.48. The zero-order valence-corrected chi connectivity index (χ0v) is 10.5. The number of alkyl halides is 6. The minimum atomic E-state index is -4.81. The van der Waals surface area contributed by atoms with Gasteiger partial charge in [-0.25, -0.2) is 10.8 Å². The smallest absolute Gasteiger partial charge is 0.344 e. The average Bonchev–Trinajstić information content (AvgIpc) is 3.17. The summed E-state index contributed by atoms with van der Waals surface area (Å²) in [5.41, 5.74) is 0.473. The molecule has 1 heterocycles. The summed E-state index contributed by atoms with van der Waals surface area (Å²) in [6, 6.07) is 0.0125. The molecule has 118 valence electrons. The van der Waals surface area contributed by atoms with E-state index in [4.69, 9.17) is 5.84 Å². The van der Waals surface area contributed by atoms with Gasteiger partial charge < -0.3 is 4.90 Å². The fourth-order valence-electron chi connectivity index (χ4n) is 1.77. The summed E-state index contributed by atoms with van der Waals surface area (Å²) < 4.78 is 75.8. The molecule has 21 heavy (non-hydrogen) atoms. The maximum absolute atomic E-state index is 12.7. The van der Waals surface area contributed by atoms with Gasteiger partial charge >= 0.3 is 12.4 Å². The number of nitrogens with one attached hydrogen (secondary N) is 1. The fraction of sp³-hybridized carbons (Fsp3) is 0.600. The number of hydrazine groups is 1. The van der Waals surface area contributed by atoms with Crippen molar-refractivity contribution in [2.45, 2.75) is 31.2 Å². The zero-order chi connectivity index (χ0) is 15.8. The number of halogens is 6. The van der Waals surface area contributed by atoms with Gasteiger partial charge in [-0.3, -0.25) is 5.43 Å². The monoisotopic (exact) mass is 315 g/mol. The molecule has 2 rings (SSSR count). The highest BCUT2D eigenvalue weighted by Gasteiger charge is 2.40. The number of nitrogen functional groups attached to an aromatic ring is 1. The van der Waals surface area contributed by atoms with Crippen molar-refractivity contribution in [3.8, 4) is 0 Å². The van der Waals surface area contributed by atoms with E-state index in [9.17, 15) is 26.3 Å². The van der Waals surface area contributed by atoms with Crippen LogP contribution in [0.4, 0.5) is 38.1 Å². The molecule has 1 aliphatic rings. The van der Waals surface area contributed by atoms with Gasteiger partial charge in [-0.05, 0) is 12.8 Å². The third-order valence-corrected chi connectivity index (χ3v) is 2.76. The van der Waals surface area contributed by atoms with Crippen LogP contribution in [-0.2, 0) is 6.18 Å². The minimum Gasteiger partial charge on any atom is -0.344 e. The predicted molar refractivity (Wildman–Crippen MR) is 61.3 cm³/mol. The maximum atomic E-state index is 12.7. The van der Waals surface area contributed by atoms with E-state index in [1.807, 2.05) is 5.43 Å². The van der Waals surface area contributed by atoms with Crippen molar-refractivity contribution in [3.63, 3.8) is 0 Å². The highest BCUT2D eigenvalue weighted by molar-refractivity contribution is 5.47. The van der Waals surface area contributed by atoms with Gasteiger partial charge in [-0.1, -0.05) is 0 Å². The van der Waals surface area contributed by atoms with Crippen molar-refractivity contribution in [3.05, 3.63) is 11.8 Å². The van der Waals surface area contributed by atoms with Crippen LogP contribution in [0.25, 0.3) is 0 Å². The van der Waals surface area contributed by atoms with Crippen LogP contribution in [0.3, 0.4) is 0 Å². The summed E-state index contributed by atoms with van der Waals surface area (Å²) in [6.45, 7) is -1.38. The quantitative estimate of drug-likeness (QED) is 0.507. The van der Waals surface area contributed by atoms with Crippen LogP contribution >= 0.6 is 0 Å². The molecule has 0 atom stereocenters. The largest absolute Gasteiger partial charge is 0.433 e. The van der Waals surface area contributed by atoms with E-state index in [2.05, 4.69) is 9.97 Å². The molecule has 5 nitrogen and oxygen atoms in total. The number of rotatable bonds is 4. The van der Waals surface area contributed by atoms with Crippen molar-refractivity contribution < 1.29 is 26.3 Å². The lowest BCUT2D eigenvalue weighted by Gasteiger charge is -2.25. The molecular weight excluding hydrogens is 304 g/mol. The molecule has 1 aliphatic carbocycles. The van der Waals surface area contributed by atoms with Crippen molar-refractivity contribution in [2.24, 2.45) is 5.84 Å². The second-order valence-corrected chi connectivity index (χ2v) is 4.55. The first kappa shape index (κ1) is 15.6. The van der Waals surface area contributed by atoms with Gasteiger partial charge in [0, 0.05) is 12.1 Å².